The van der Waals surface area contributed by atoms with Gasteiger partial charge in [0, 0.05) is 19.0 Å². The monoisotopic (exact) mass is 486 g/mol. The van der Waals surface area contributed by atoms with Gasteiger partial charge in [0.2, 0.25) is 5.91 Å². The van der Waals surface area contributed by atoms with Crippen molar-refractivity contribution in [3.05, 3.63) is 59.7 Å². The maximum Gasteiger partial charge on any atom is 0.407 e. The maximum absolute atomic E-state index is 13.7. The average Bonchev–Trinajstić information content (AvgIpc) is 3.16. The molecule has 1 saturated heterocycles. The van der Waals surface area contributed by atoms with Crippen LogP contribution >= 0.6 is 0 Å². The number of ether oxygens (including phenoxy) is 1. The van der Waals surface area contributed by atoms with Crippen LogP contribution in [0.15, 0.2) is 48.5 Å². The molecule has 2 N–H and O–H groups in total. The van der Waals surface area contributed by atoms with Crippen molar-refractivity contribution in [3.63, 3.8) is 0 Å². The molecule has 2 amide bonds. The van der Waals surface area contributed by atoms with Crippen LogP contribution in [0.5, 0.6) is 0 Å². The van der Waals surface area contributed by atoms with Crippen LogP contribution in [0.3, 0.4) is 0 Å². The first-order valence-corrected chi connectivity index (χ1v) is 11.7. The number of hydrogen-bond acceptors (Lipinski definition) is 4. The lowest BCUT2D eigenvalue weighted by atomic mass is 9.87. The molecule has 3 unspecified atom stereocenters. The second kappa shape index (κ2) is 10.4. The molecule has 2 aromatic carbocycles. The van der Waals surface area contributed by atoms with E-state index < -0.39 is 42.8 Å². The standard InChI is InChI=1S/C26H28F2N2O5/c1-15-10-11-30(13-20(15)25(32)33)23(31)12-22(24(27)28)29-26(34)35-14-21-18-8-4-2-6-16(18)17-7-3-5-9-19(17)21/h2-9,15,20-22,24H,10-14H2,1H3,(H,29,34)(H,32,33). The van der Waals surface area contributed by atoms with Gasteiger partial charge < -0.3 is 20.1 Å². The number of halogens is 2. The Hall–Kier alpha value is -3.49. The van der Waals surface area contributed by atoms with E-state index >= 15 is 0 Å². The van der Waals surface area contributed by atoms with E-state index in [-0.39, 0.29) is 25.0 Å². The van der Waals surface area contributed by atoms with Crippen LogP contribution in [-0.2, 0) is 14.3 Å². The van der Waals surface area contributed by atoms with Gasteiger partial charge in [-0.1, -0.05) is 55.5 Å². The number of likely N-dealkylation sites (tertiary alicyclic amines) is 1. The quantitative estimate of drug-likeness (QED) is 0.614. The molecule has 186 valence electrons. The number of piperidine rings is 1. The summed E-state index contributed by atoms with van der Waals surface area (Å²) in [7, 11) is 0. The number of carbonyl (C=O) groups excluding carboxylic acids is 2. The highest BCUT2D eigenvalue weighted by Gasteiger charge is 2.36. The first-order chi connectivity index (χ1) is 16.8. The highest BCUT2D eigenvalue weighted by Crippen LogP contribution is 2.44. The summed E-state index contributed by atoms with van der Waals surface area (Å²) >= 11 is 0. The summed E-state index contributed by atoms with van der Waals surface area (Å²) in [5.74, 6) is -2.71. The Morgan fingerprint density at radius 3 is 2.26 bits per heavy atom. The minimum absolute atomic E-state index is 0.0315. The zero-order chi connectivity index (χ0) is 25.1. The number of aliphatic carboxylic acids is 1. The second-order valence-electron chi connectivity index (χ2n) is 9.17. The number of carbonyl (C=O) groups is 3. The largest absolute Gasteiger partial charge is 0.481 e. The summed E-state index contributed by atoms with van der Waals surface area (Å²) in [6, 6.07) is 13.8. The highest BCUT2D eigenvalue weighted by atomic mass is 19.3. The van der Waals surface area contributed by atoms with E-state index in [2.05, 4.69) is 5.32 Å². The van der Waals surface area contributed by atoms with Gasteiger partial charge in [-0.05, 0) is 34.6 Å². The molecule has 0 spiro atoms. The topological polar surface area (TPSA) is 95.9 Å². The Morgan fingerprint density at radius 1 is 1.09 bits per heavy atom. The zero-order valence-corrected chi connectivity index (χ0v) is 19.3. The molecule has 0 bridgehead atoms. The Balaban J connectivity index is 1.36. The molecule has 0 aromatic heterocycles. The van der Waals surface area contributed by atoms with E-state index in [1.807, 2.05) is 48.5 Å². The molecule has 3 atom stereocenters. The normalized spacial score (nSPS) is 20.2. The minimum atomic E-state index is -2.99. The van der Waals surface area contributed by atoms with E-state index in [4.69, 9.17) is 4.74 Å². The third-order valence-electron chi connectivity index (χ3n) is 6.97. The lowest BCUT2D eigenvalue weighted by molar-refractivity contribution is -0.148. The molecule has 7 nitrogen and oxygen atoms in total. The van der Waals surface area contributed by atoms with Gasteiger partial charge in [-0.15, -0.1) is 0 Å². The third-order valence-corrected chi connectivity index (χ3v) is 6.97. The summed E-state index contributed by atoms with van der Waals surface area (Å²) in [6.07, 6.45) is -4.18. The van der Waals surface area contributed by atoms with E-state index in [1.165, 1.54) is 4.90 Å². The fourth-order valence-electron chi connectivity index (χ4n) is 4.93. The second-order valence-corrected chi connectivity index (χ2v) is 9.17. The van der Waals surface area contributed by atoms with Crippen molar-refractivity contribution in [2.75, 3.05) is 19.7 Å². The molecule has 9 heteroatoms. The molecule has 1 fully saturated rings. The lowest BCUT2D eigenvalue weighted by Crippen LogP contribution is -2.49. The molecule has 1 aliphatic heterocycles. The van der Waals surface area contributed by atoms with Gasteiger partial charge in [0.25, 0.3) is 6.43 Å². The Kier molecular flexibility index (Phi) is 7.33. The predicted molar refractivity (Wildman–Crippen MR) is 124 cm³/mol. The molecule has 1 heterocycles. The number of alkyl carbamates (subject to hydrolysis) is 1. The summed E-state index contributed by atoms with van der Waals surface area (Å²) in [5, 5.41) is 11.5. The van der Waals surface area contributed by atoms with Crippen molar-refractivity contribution in [2.45, 2.75) is 38.2 Å². The molecule has 4 rings (SSSR count). The summed E-state index contributed by atoms with van der Waals surface area (Å²) in [4.78, 5) is 37.7. The number of nitrogens with one attached hydrogen (secondary N) is 1. The van der Waals surface area contributed by atoms with E-state index in [9.17, 15) is 28.3 Å². The van der Waals surface area contributed by atoms with Gasteiger partial charge in [-0.25, -0.2) is 13.6 Å². The van der Waals surface area contributed by atoms with E-state index in [0.717, 1.165) is 22.3 Å². The van der Waals surface area contributed by atoms with E-state index in [1.54, 1.807) is 6.92 Å². The molecule has 0 radical (unpaired) electrons. The number of rotatable bonds is 7. The van der Waals surface area contributed by atoms with Gasteiger partial charge in [0.1, 0.15) is 12.6 Å². The number of carboxylic acids is 1. The number of benzene rings is 2. The molecule has 2 aromatic rings. The fraction of sp³-hybridized carbons (Fsp3) is 0.423. The summed E-state index contributed by atoms with van der Waals surface area (Å²) in [6.45, 7) is 2.02. The Labute approximate surface area is 202 Å². The Bertz CT molecular complexity index is 1060. The van der Waals surface area contributed by atoms with Crippen molar-refractivity contribution in [3.8, 4) is 11.1 Å². The molecule has 2 aliphatic rings. The van der Waals surface area contributed by atoms with Crippen LogP contribution in [-0.4, -0.2) is 60.1 Å². The zero-order valence-electron chi connectivity index (χ0n) is 19.3. The highest BCUT2D eigenvalue weighted by molar-refractivity contribution is 5.80. The average molecular weight is 487 g/mol. The van der Waals surface area contributed by atoms with Crippen molar-refractivity contribution in [1.82, 2.24) is 10.2 Å². The molecule has 35 heavy (non-hydrogen) atoms. The number of amides is 2. The van der Waals surface area contributed by atoms with Gasteiger partial charge in [-0.2, -0.15) is 0 Å². The van der Waals surface area contributed by atoms with Crippen LogP contribution in [0.4, 0.5) is 13.6 Å². The molecule has 1 aliphatic carbocycles. The minimum Gasteiger partial charge on any atom is -0.481 e. The van der Waals surface area contributed by atoms with Crippen LogP contribution in [0.25, 0.3) is 11.1 Å². The number of hydrogen-bond donors (Lipinski definition) is 2. The number of nitrogens with zero attached hydrogens (tertiary/aromatic N) is 1. The van der Waals surface area contributed by atoms with Crippen LogP contribution in [0, 0.1) is 11.8 Å². The predicted octanol–water partition coefficient (Wildman–Crippen LogP) is 4.12. The molecular weight excluding hydrogens is 458 g/mol. The van der Waals surface area contributed by atoms with Gasteiger partial charge in [0.15, 0.2) is 0 Å². The van der Waals surface area contributed by atoms with Crippen LogP contribution in [0.1, 0.15) is 36.8 Å². The van der Waals surface area contributed by atoms with Gasteiger partial charge in [-0.3, -0.25) is 9.59 Å². The first-order valence-electron chi connectivity index (χ1n) is 11.7. The van der Waals surface area contributed by atoms with Crippen molar-refractivity contribution >= 4 is 18.0 Å². The number of fused-ring (bicyclic) bond motifs is 3. The third kappa shape index (κ3) is 5.28. The van der Waals surface area contributed by atoms with Gasteiger partial charge in [0.05, 0.1) is 12.3 Å². The van der Waals surface area contributed by atoms with E-state index in [0.29, 0.717) is 13.0 Å². The smallest absolute Gasteiger partial charge is 0.407 e. The Morgan fingerprint density at radius 2 is 1.69 bits per heavy atom. The number of carboxylic acid groups (broad SMARTS) is 1. The SMILES string of the molecule is CC1CCN(C(=O)CC(NC(=O)OCC2c3ccccc3-c3ccccc32)C(F)F)CC1C(=O)O. The van der Waals surface area contributed by atoms with Crippen molar-refractivity contribution < 1.29 is 33.0 Å². The van der Waals surface area contributed by atoms with Crippen molar-refractivity contribution in [2.24, 2.45) is 11.8 Å². The molecular formula is C26H28F2N2O5. The van der Waals surface area contributed by atoms with Crippen LogP contribution in [0.2, 0.25) is 0 Å². The van der Waals surface area contributed by atoms with Crippen LogP contribution < -0.4 is 5.32 Å². The lowest BCUT2D eigenvalue weighted by Gasteiger charge is -2.35. The fourth-order valence-corrected chi connectivity index (χ4v) is 4.93. The van der Waals surface area contributed by atoms with Crippen molar-refractivity contribution in [1.29, 1.82) is 0 Å². The summed E-state index contributed by atoms with van der Waals surface area (Å²) in [5.41, 5.74) is 4.08. The maximum atomic E-state index is 13.7. The van der Waals surface area contributed by atoms with Gasteiger partial charge >= 0.3 is 12.1 Å². The molecule has 0 saturated carbocycles. The number of alkyl halides is 2. The first kappa shape index (κ1) is 24.6. The summed E-state index contributed by atoms with van der Waals surface area (Å²) < 4.78 is 32.6.